The molecule has 0 bridgehead atoms. The summed E-state index contributed by atoms with van der Waals surface area (Å²) in [5.74, 6) is 0.953. The van der Waals surface area contributed by atoms with E-state index in [-0.39, 0.29) is 24.8 Å². The summed E-state index contributed by atoms with van der Waals surface area (Å²) in [7, 11) is 4.57. The normalized spacial score (nSPS) is 14.7. The lowest BCUT2D eigenvalue weighted by molar-refractivity contribution is -0.122. The van der Waals surface area contributed by atoms with Gasteiger partial charge in [-0.1, -0.05) is 24.0 Å². The van der Waals surface area contributed by atoms with E-state index in [0.717, 1.165) is 0 Å². The summed E-state index contributed by atoms with van der Waals surface area (Å²) >= 11 is 6.53. The molecule has 8 nitrogen and oxygen atoms in total. The maximum Gasteiger partial charge on any atom is 0.266 e. The van der Waals surface area contributed by atoms with Gasteiger partial charge in [0.1, 0.15) is 4.32 Å². The van der Waals surface area contributed by atoms with Crippen molar-refractivity contribution < 1.29 is 23.8 Å². The molecule has 1 N–H and O–H groups in total. The van der Waals surface area contributed by atoms with E-state index in [9.17, 15) is 9.59 Å². The van der Waals surface area contributed by atoms with Gasteiger partial charge in [0.15, 0.2) is 11.5 Å². The van der Waals surface area contributed by atoms with Crippen LogP contribution in [0.25, 0.3) is 6.08 Å². The highest BCUT2D eigenvalue weighted by Crippen LogP contribution is 2.40. The maximum absolute atomic E-state index is 12.8. The molecule has 1 fully saturated rings. The fraction of sp³-hybridized carbons (Fsp3) is 0.238. The predicted octanol–water partition coefficient (Wildman–Crippen LogP) is 3.34. The summed E-state index contributed by atoms with van der Waals surface area (Å²) in [5, 5.41) is 2.74. The molecule has 1 aromatic heterocycles. The van der Waals surface area contributed by atoms with Gasteiger partial charge < -0.3 is 19.5 Å². The third-order valence-electron chi connectivity index (χ3n) is 4.37. The minimum atomic E-state index is -0.252. The Morgan fingerprint density at radius 1 is 1.23 bits per heavy atom. The third-order valence-corrected chi connectivity index (χ3v) is 5.74. The fourth-order valence-corrected chi connectivity index (χ4v) is 4.21. The molecular weight excluding hydrogens is 438 g/mol. The number of pyridine rings is 1. The summed E-state index contributed by atoms with van der Waals surface area (Å²) < 4.78 is 16.4. The zero-order chi connectivity index (χ0) is 22.4. The lowest BCUT2D eigenvalue weighted by Crippen LogP contribution is -2.31. The van der Waals surface area contributed by atoms with Crippen molar-refractivity contribution in [3.63, 3.8) is 0 Å². The molecule has 3 rings (SSSR count). The highest BCUT2D eigenvalue weighted by atomic mass is 32.2. The zero-order valence-corrected chi connectivity index (χ0v) is 18.8. The van der Waals surface area contributed by atoms with Crippen LogP contribution in [0, 0.1) is 0 Å². The van der Waals surface area contributed by atoms with Crippen molar-refractivity contribution in [2.45, 2.75) is 6.42 Å². The number of anilines is 1. The number of carbonyl (C=O) groups excluding carboxylic acids is 2. The Balaban J connectivity index is 1.71. The molecule has 1 aliphatic rings. The number of amides is 2. The molecule has 0 radical (unpaired) electrons. The van der Waals surface area contributed by atoms with E-state index in [1.54, 1.807) is 42.7 Å². The van der Waals surface area contributed by atoms with Crippen molar-refractivity contribution >= 4 is 51.9 Å². The molecule has 0 spiro atoms. The topological polar surface area (TPSA) is 90.0 Å². The van der Waals surface area contributed by atoms with Crippen molar-refractivity contribution in [1.82, 2.24) is 9.88 Å². The molecular formula is C21H21N3O5S2. The SMILES string of the molecule is COc1cc(/C=C2/SC(=S)N(CCC(=O)Nc3cccnc3)C2=O)cc(OC)c1OC. The van der Waals surface area contributed by atoms with Crippen LogP contribution in [0.4, 0.5) is 5.69 Å². The first-order valence-electron chi connectivity index (χ1n) is 9.22. The Labute approximate surface area is 189 Å². The van der Waals surface area contributed by atoms with Crippen molar-refractivity contribution in [3.8, 4) is 17.2 Å². The van der Waals surface area contributed by atoms with E-state index in [1.807, 2.05) is 0 Å². The zero-order valence-electron chi connectivity index (χ0n) is 17.2. The monoisotopic (exact) mass is 459 g/mol. The van der Waals surface area contributed by atoms with Gasteiger partial charge >= 0.3 is 0 Å². The first kappa shape index (κ1) is 22.6. The predicted molar refractivity (Wildman–Crippen MR) is 123 cm³/mol. The first-order chi connectivity index (χ1) is 15.0. The molecule has 2 aromatic rings. The summed E-state index contributed by atoms with van der Waals surface area (Å²) in [6.45, 7) is 0.184. The lowest BCUT2D eigenvalue weighted by Gasteiger charge is -2.14. The van der Waals surface area contributed by atoms with Gasteiger partial charge in [-0.2, -0.15) is 0 Å². The maximum atomic E-state index is 12.8. The van der Waals surface area contributed by atoms with Crippen LogP contribution < -0.4 is 19.5 Å². The number of methoxy groups -OCH3 is 3. The molecule has 2 heterocycles. The Morgan fingerprint density at radius 2 is 1.94 bits per heavy atom. The third kappa shape index (κ3) is 5.33. The number of benzene rings is 1. The largest absolute Gasteiger partial charge is 0.493 e. The number of nitrogens with one attached hydrogen (secondary N) is 1. The van der Waals surface area contributed by atoms with Crippen LogP contribution in [0.1, 0.15) is 12.0 Å². The summed E-state index contributed by atoms with van der Waals surface area (Å²) in [6.07, 6.45) is 4.99. The van der Waals surface area contributed by atoms with Gasteiger partial charge in [0, 0.05) is 19.2 Å². The van der Waals surface area contributed by atoms with Crippen molar-refractivity contribution in [2.24, 2.45) is 0 Å². The molecule has 31 heavy (non-hydrogen) atoms. The van der Waals surface area contributed by atoms with E-state index < -0.39 is 0 Å². The molecule has 2 amide bonds. The summed E-state index contributed by atoms with van der Waals surface area (Å²) in [5.41, 5.74) is 1.30. The second kappa shape index (κ2) is 10.3. The Hall–Kier alpha value is -3.11. The quantitative estimate of drug-likeness (QED) is 0.475. The van der Waals surface area contributed by atoms with Crippen molar-refractivity contribution in [3.05, 3.63) is 47.1 Å². The Morgan fingerprint density at radius 3 is 2.52 bits per heavy atom. The standard InChI is InChI=1S/C21H21N3O5S2/c1-27-15-9-13(10-16(28-2)19(15)29-3)11-17-20(26)24(21(30)31-17)8-6-18(25)23-14-5-4-7-22-12-14/h4-5,7,9-12H,6,8H2,1-3H3,(H,23,25)/b17-11+. The van der Waals surface area contributed by atoms with Crippen LogP contribution >= 0.6 is 24.0 Å². The molecule has 0 aliphatic carbocycles. The van der Waals surface area contributed by atoms with Gasteiger partial charge in [-0.3, -0.25) is 19.5 Å². The van der Waals surface area contributed by atoms with Crippen LogP contribution in [0.2, 0.25) is 0 Å². The average molecular weight is 460 g/mol. The molecule has 0 atom stereocenters. The van der Waals surface area contributed by atoms with E-state index in [2.05, 4.69) is 10.3 Å². The number of aromatic nitrogens is 1. The van der Waals surface area contributed by atoms with E-state index in [4.69, 9.17) is 26.4 Å². The van der Waals surface area contributed by atoms with Crippen LogP contribution in [0.5, 0.6) is 17.2 Å². The minimum absolute atomic E-state index is 0.110. The molecule has 10 heteroatoms. The molecule has 1 aromatic carbocycles. The number of rotatable bonds is 8. The van der Waals surface area contributed by atoms with Crippen LogP contribution in [0.15, 0.2) is 41.6 Å². The molecule has 1 saturated heterocycles. The summed E-state index contributed by atoms with van der Waals surface area (Å²) in [4.78, 5) is 30.8. The Kier molecular flexibility index (Phi) is 7.48. The van der Waals surface area contributed by atoms with Crippen LogP contribution in [-0.4, -0.2) is 53.9 Å². The van der Waals surface area contributed by atoms with Crippen molar-refractivity contribution in [1.29, 1.82) is 0 Å². The number of hydrogen-bond acceptors (Lipinski definition) is 8. The van der Waals surface area contributed by atoms with E-state index >= 15 is 0 Å². The number of hydrogen-bond donors (Lipinski definition) is 1. The lowest BCUT2D eigenvalue weighted by atomic mass is 10.1. The smallest absolute Gasteiger partial charge is 0.266 e. The van der Waals surface area contributed by atoms with Gasteiger partial charge in [0.25, 0.3) is 5.91 Å². The van der Waals surface area contributed by atoms with Crippen LogP contribution in [0.3, 0.4) is 0 Å². The molecule has 1 aliphatic heterocycles. The van der Waals surface area contributed by atoms with E-state index in [0.29, 0.717) is 37.7 Å². The van der Waals surface area contributed by atoms with Gasteiger partial charge in [0.2, 0.25) is 11.7 Å². The van der Waals surface area contributed by atoms with Crippen molar-refractivity contribution in [2.75, 3.05) is 33.2 Å². The van der Waals surface area contributed by atoms with Gasteiger partial charge in [0.05, 0.1) is 38.1 Å². The van der Waals surface area contributed by atoms with Gasteiger partial charge in [-0.25, -0.2) is 0 Å². The summed E-state index contributed by atoms with van der Waals surface area (Å²) in [6, 6.07) is 6.96. The van der Waals surface area contributed by atoms with Gasteiger partial charge in [-0.05, 0) is 35.9 Å². The number of nitrogens with zero attached hydrogens (tertiary/aromatic N) is 2. The number of thioether (sulfide) groups is 1. The fourth-order valence-electron chi connectivity index (χ4n) is 2.90. The molecule has 162 valence electrons. The van der Waals surface area contributed by atoms with Gasteiger partial charge in [-0.15, -0.1) is 0 Å². The van der Waals surface area contributed by atoms with Crippen LogP contribution in [-0.2, 0) is 9.59 Å². The highest BCUT2D eigenvalue weighted by molar-refractivity contribution is 8.26. The first-order valence-corrected chi connectivity index (χ1v) is 10.4. The highest BCUT2D eigenvalue weighted by Gasteiger charge is 2.32. The number of carbonyl (C=O) groups is 2. The number of ether oxygens (including phenoxy) is 3. The average Bonchev–Trinajstić information content (AvgIpc) is 3.04. The minimum Gasteiger partial charge on any atom is -0.493 e. The molecule has 0 unspecified atom stereocenters. The van der Waals surface area contributed by atoms with E-state index in [1.165, 1.54) is 38.0 Å². The second-order valence-corrected chi connectivity index (χ2v) is 8.01. The Bertz CT molecular complexity index is 1000. The molecule has 0 saturated carbocycles. The second-order valence-electron chi connectivity index (χ2n) is 6.33. The number of thiocarbonyl (C=S) groups is 1.